The topological polar surface area (TPSA) is 68.3 Å². The highest BCUT2D eigenvalue weighted by molar-refractivity contribution is 6.32. The monoisotopic (exact) mass is 532 g/mol. The second kappa shape index (κ2) is 11.5. The van der Waals surface area contributed by atoms with E-state index in [0.717, 1.165) is 30.4 Å². The van der Waals surface area contributed by atoms with Crippen molar-refractivity contribution in [3.63, 3.8) is 0 Å². The van der Waals surface area contributed by atoms with E-state index >= 15 is 0 Å². The van der Waals surface area contributed by atoms with Gasteiger partial charge in [-0.15, -0.1) is 0 Å². The van der Waals surface area contributed by atoms with E-state index in [0.29, 0.717) is 52.1 Å². The highest BCUT2D eigenvalue weighted by Crippen LogP contribution is 2.39. The molecule has 5 rings (SSSR count). The zero-order chi connectivity index (χ0) is 26.6. The van der Waals surface area contributed by atoms with Gasteiger partial charge in [0.15, 0.2) is 6.10 Å². The fraction of sp³-hybridized carbons (Fsp3) is 0.323. The molecule has 1 amide bonds. The third-order valence-corrected chi connectivity index (χ3v) is 7.58. The zero-order valence-corrected chi connectivity index (χ0v) is 22.1. The number of nitrogens with zero attached hydrogens (tertiary/aromatic N) is 1. The molecule has 0 saturated heterocycles. The SMILES string of the molecule is CC(OC(=O)c1c2c(nc3ccccc13)/C(=C/c1c(F)cccc1Cl)CC2)C(=O)NCCC1=CCCCC1. The van der Waals surface area contributed by atoms with Crippen molar-refractivity contribution in [2.24, 2.45) is 0 Å². The lowest BCUT2D eigenvalue weighted by molar-refractivity contribution is -0.129. The first-order valence-corrected chi connectivity index (χ1v) is 13.5. The number of amides is 1. The molecule has 0 spiro atoms. The minimum Gasteiger partial charge on any atom is -0.449 e. The molecule has 2 aliphatic carbocycles. The molecule has 1 N–H and O–H groups in total. The standard InChI is InChI=1S/C31H30ClFN2O3/c1-19(30(36)34-17-16-20-8-3-2-4-9-20)38-31(37)28-22-10-5-6-13-27(22)35-29-21(14-15-23(28)29)18-24-25(32)11-7-12-26(24)33/h5-8,10-13,18-19H,2-4,9,14-17H2,1H3,(H,34,36)/b21-18+. The number of esters is 1. The number of allylic oxidation sites excluding steroid dienone is 2. The van der Waals surface area contributed by atoms with Gasteiger partial charge in [0, 0.05) is 17.5 Å². The molecule has 0 saturated carbocycles. The fourth-order valence-electron chi connectivity index (χ4n) is 5.23. The van der Waals surface area contributed by atoms with Crippen molar-refractivity contribution in [1.82, 2.24) is 10.3 Å². The highest BCUT2D eigenvalue weighted by Gasteiger charge is 2.29. The molecule has 3 aromatic rings. The molecular weight excluding hydrogens is 503 g/mol. The number of nitrogens with one attached hydrogen (secondary N) is 1. The Bertz CT molecular complexity index is 1440. The number of hydrogen-bond donors (Lipinski definition) is 1. The van der Waals surface area contributed by atoms with Crippen molar-refractivity contribution in [3.05, 3.63) is 87.3 Å². The predicted molar refractivity (Wildman–Crippen MR) is 148 cm³/mol. The second-order valence-corrected chi connectivity index (χ2v) is 10.2. The molecule has 0 bridgehead atoms. The lowest BCUT2D eigenvalue weighted by atomic mass is 9.97. The van der Waals surface area contributed by atoms with Gasteiger partial charge in [-0.1, -0.05) is 47.5 Å². The second-order valence-electron chi connectivity index (χ2n) is 9.83. The van der Waals surface area contributed by atoms with Gasteiger partial charge in [0.1, 0.15) is 5.82 Å². The summed E-state index contributed by atoms with van der Waals surface area (Å²) in [6.07, 6.45) is 9.57. The lowest BCUT2D eigenvalue weighted by Gasteiger charge is -2.17. The third-order valence-electron chi connectivity index (χ3n) is 7.25. The lowest BCUT2D eigenvalue weighted by Crippen LogP contribution is -2.36. The number of carbonyl (C=O) groups excluding carboxylic acids is 2. The van der Waals surface area contributed by atoms with E-state index in [1.807, 2.05) is 24.3 Å². The Labute approximate surface area is 226 Å². The maximum Gasteiger partial charge on any atom is 0.339 e. The number of halogens is 2. The molecule has 1 atom stereocenters. The smallest absolute Gasteiger partial charge is 0.339 e. The Kier molecular flexibility index (Phi) is 7.89. The number of ether oxygens (including phenoxy) is 1. The van der Waals surface area contributed by atoms with Crippen LogP contribution < -0.4 is 5.32 Å². The van der Waals surface area contributed by atoms with Gasteiger partial charge < -0.3 is 10.1 Å². The summed E-state index contributed by atoms with van der Waals surface area (Å²) in [4.78, 5) is 31.0. The molecule has 2 aliphatic rings. The zero-order valence-electron chi connectivity index (χ0n) is 21.4. The summed E-state index contributed by atoms with van der Waals surface area (Å²) in [5, 5.41) is 3.87. The Hall–Kier alpha value is -3.51. The van der Waals surface area contributed by atoms with Crippen LogP contribution in [0, 0.1) is 5.82 Å². The molecule has 38 heavy (non-hydrogen) atoms. The van der Waals surface area contributed by atoms with E-state index in [4.69, 9.17) is 21.3 Å². The summed E-state index contributed by atoms with van der Waals surface area (Å²) in [6, 6.07) is 11.9. The molecule has 0 aliphatic heterocycles. The summed E-state index contributed by atoms with van der Waals surface area (Å²) < 4.78 is 20.2. The van der Waals surface area contributed by atoms with E-state index < -0.39 is 17.9 Å². The maximum atomic E-state index is 14.5. The summed E-state index contributed by atoms with van der Waals surface area (Å²) in [6.45, 7) is 2.11. The number of aromatic nitrogens is 1. The number of pyridine rings is 1. The first kappa shape index (κ1) is 26.1. The van der Waals surface area contributed by atoms with Crippen molar-refractivity contribution in [2.75, 3.05) is 6.54 Å². The number of fused-ring (bicyclic) bond motifs is 2. The first-order chi connectivity index (χ1) is 18.4. The van der Waals surface area contributed by atoms with Crippen LogP contribution in [-0.4, -0.2) is 29.5 Å². The van der Waals surface area contributed by atoms with Crippen LogP contribution in [0.4, 0.5) is 4.39 Å². The molecule has 196 valence electrons. The van der Waals surface area contributed by atoms with Crippen LogP contribution in [0.15, 0.2) is 54.1 Å². The summed E-state index contributed by atoms with van der Waals surface area (Å²) in [5.41, 5.74) is 4.88. The van der Waals surface area contributed by atoms with Crippen LogP contribution in [0.1, 0.15) is 72.6 Å². The van der Waals surface area contributed by atoms with Gasteiger partial charge in [-0.05, 0) is 87.3 Å². The molecule has 7 heteroatoms. The summed E-state index contributed by atoms with van der Waals surface area (Å²) in [7, 11) is 0. The summed E-state index contributed by atoms with van der Waals surface area (Å²) >= 11 is 6.26. The molecule has 5 nitrogen and oxygen atoms in total. The van der Waals surface area contributed by atoms with Crippen LogP contribution in [0.2, 0.25) is 5.02 Å². The van der Waals surface area contributed by atoms with Crippen LogP contribution in [0.25, 0.3) is 22.6 Å². The normalized spacial score (nSPS) is 16.7. The quantitative estimate of drug-likeness (QED) is 0.261. The van der Waals surface area contributed by atoms with Gasteiger partial charge in [0.05, 0.1) is 21.8 Å². The molecule has 0 fully saturated rings. The van der Waals surface area contributed by atoms with Gasteiger partial charge in [0.25, 0.3) is 5.91 Å². The molecule has 1 heterocycles. The van der Waals surface area contributed by atoms with Crippen LogP contribution in [0.5, 0.6) is 0 Å². The minimum absolute atomic E-state index is 0.297. The van der Waals surface area contributed by atoms with E-state index in [2.05, 4.69) is 11.4 Å². The van der Waals surface area contributed by atoms with Gasteiger partial charge >= 0.3 is 5.97 Å². The fourth-order valence-corrected chi connectivity index (χ4v) is 5.45. The Morgan fingerprint density at radius 3 is 2.76 bits per heavy atom. The average molecular weight is 533 g/mol. The highest BCUT2D eigenvalue weighted by atomic mass is 35.5. The third kappa shape index (κ3) is 5.51. The first-order valence-electron chi connectivity index (χ1n) is 13.2. The van der Waals surface area contributed by atoms with Gasteiger partial charge in [-0.25, -0.2) is 14.2 Å². The number of carbonyl (C=O) groups is 2. The maximum absolute atomic E-state index is 14.5. The number of benzene rings is 2. The summed E-state index contributed by atoms with van der Waals surface area (Å²) in [5.74, 6) is -1.30. The average Bonchev–Trinajstić information content (AvgIpc) is 3.31. The van der Waals surface area contributed by atoms with Gasteiger partial charge in [0.2, 0.25) is 0 Å². The van der Waals surface area contributed by atoms with E-state index in [1.54, 1.807) is 25.1 Å². The number of hydrogen-bond acceptors (Lipinski definition) is 4. The minimum atomic E-state index is -0.945. The number of rotatable bonds is 7. The van der Waals surface area contributed by atoms with E-state index in [-0.39, 0.29) is 5.91 Å². The van der Waals surface area contributed by atoms with Crippen molar-refractivity contribution < 1.29 is 18.7 Å². The van der Waals surface area contributed by atoms with Crippen molar-refractivity contribution in [2.45, 2.75) is 58.0 Å². The van der Waals surface area contributed by atoms with Crippen molar-refractivity contribution in [3.8, 4) is 0 Å². The molecule has 2 aromatic carbocycles. The Morgan fingerprint density at radius 1 is 1.13 bits per heavy atom. The van der Waals surface area contributed by atoms with Crippen LogP contribution in [-0.2, 0) is 16.0 Å². The van der Waals surface area contributed by atoms with Gasteiger partial charge in [-0.2, -0.15) is 0 Å². The number of para-hydroxylation sites is 1. The van der Waals surface area contributed by atoms with Crippen LogP contribution in [0.3, 0.4) is 0 Å². The largest absolute Gasteiger partial charge is 0.449 e. The van der Waals surface area contributed by atoms with E-state index in [1.165, 1.54) is 24.5 Å². The van der Waals surface area contributed by atoms with E-state index in [9.17, 15) is 14.0 Å². The van der Waals surface area contributed by atoms with Gasteiger partial charge in [-0.3, -0.25) is 4.79 Å². The Balaban J connectivity index is 1.39. The molecule has 0 radical (unpaired) electrons. The predicted octanol–water partition coefficient (Wildman–Crippen LogP) is 7.07. The van der Waals surface area contributed by atoms with Crippen LogP contribution >= 0.6 is 11.6 Å². The van der Waals surface area contributed by atoms with Crippen molar-refractivity contribution in [1.29, 1.82) is 0 Å². The molecule has 1 unspecified atom stereocenters. The van der Waals surface area contributed by atoms with Crippen molar-refractivity contribution >= 4 is 46.0 Å². The Morgan fingerprint density at radius 2 is 1.97 bits per heavy atom. The molecular formula is C31H30ClFN2O3. The molecule has 1 aromatic heterocycles.